The van der Waals surface area contributed by atoms with Crippen LogP contribution in [0.5, 0.6) is 0 Å². The van der Waals surface area contributed by atoms with E-state index in [-0.39, 0.29) is 0 Å². The second kappa shape index (κ2) is 7.11. The van der Waals surface area contributed by atoms with Gasteiger partial charge in [0.25, 0.3) is 0 Å². The SMILES string of the molecule is CC(C)Sc1ccc(N(C)C/C=C/C(=O)O)cc1. The van der Waals surface area contributed by atoms with Gasteiger partial charge in [-0.1, -0.05) is 19.9 Å². The van der Waals surface area contributed by atoms with Crippen molar-refractivity contribution in [3.8, 4) is 0 Å². The summed E-state index contributed by atoms with van der Waals surface area (Å²) in [5.41, 5.74) is 1.08. The summed E-state index contributed by atoms with van der Waals surface area (Å²) in [7, 11) is 1.94. The van der Waals surface area contributed by atoms with Crippen LogP contribution in [-0.2, 0) is 4.79 Å². The van der Waals surface area contributed by atoms with Crippen LogP contribution in [-0.4, -0.2) is 29.9 Å². The molecule has 0 saturated heterocycles. The van der Waals surface area contributed by atoms with Crippen LogP contribution in [0.25, 0.3) is 0 Å². The maximum absolute atomic E-state index is 10.4. The number of anilines is 1. The van der Waals surface area contributed by atoms with Gasteiger partial charge in [0, 0.05) is 35.5 Å². The topological polar surface area (TPSA) is 40.5 Å². The summed E-state index contributed by atoms with van der Waals surface area (Å²) < 4.78 is 0. The van der Waals surface area contributed by atoms with Crippen molar-refractivity contribution < 1.29 is 9.90 Å². The van der Waals surface area contributed by atoms with Gasteiger partial charge < -0.3 is 10.0 Å². The lowest BCUT2D eigenvalue weighted by molar-refractivity contribution is -0.131. The molecule has 18 heavy (non-hydrogen) atoms. The number of carboxylic acids is 1. The number of benzene rings is 1. The molecule has 0 aliphatic rings. The van der Waals surface area contributed by atoms with Crippen LogP contribution in [0.3, 0.4) is 0 Å². The minimum atomic E-state index is -0.910. The molecule has 1 aromatic rings. The second-order valence-electron chi connectivity index (χ2n) is 4.28. The first-order valence-electron chi connectivity index (χ1n) is 5.86. The van der Waals surface area contributed by atoms with E-state index in [1.54, 1.807) is 6.08 Å². The highest BCUT2D eigenvalue weighted by atomic mass is 32.2. The average Bonchev–Trinajstić information content (AvgIpc) is 2.28. The molecule has 4 heteroatoms. The van der Waals surface area contributed by atoms with E-state index in [4.69, 9.17) is 5.11 Å². The largest absolute Gasteiger partial charge is 0.478 e. The van der Waals surface area contributed by atoms with Gasteiger partial charge >= 0.3 is 5.97 Å². The minimum Gasteiger partial charge on any atom is -0.478 e. The van der Waals surface area contributed by atoms with Crippen LogP contribution in [0.2, 0.25) is 0 Å². The summed E-state index contributed by atoms with van der Waals surface area (Å²) in [5.74, 6) is -0.910. The lowest BCUT2D eigenvalue weighted by Gasteiger charge is -2.17. The van der Waals surface area contributed by atoms with Gasteiger partial charge in [-0.3, -0.25) is 0 Å². The predicted octanol–water partition coefficient (Wildman–Crippen LogP) is 3.26. The van der Waals surface area contributed by atoms with E-state index in [2.05, 4.69) is 38.1 Å². The maximum atomic E-state index is 10.4. The standard InChI is InChI=1S/C14H19NO2S/c1-11(2)18-13-8-6-12(7-9-13)15(3)10-4-5-14(16)17/h4-9,11H,10H2,1-3H3,(H,16,17)/b5-4+. The second-order valence-corrected chi connectivity index (χ2v) is 5.93. The Labute approximate surface area is 113 Å². The molecule has 0 aliphatic heterocycles. The molecule has 0 radical (unpaired) electrons. The van der Waals surface area contributed by atoms with Crippen LogP contribution < -0.4 is 4.90 Å². The first kappa shape index (κ1) is 14.6. The zero-order valence-corrected chi connectivity index (χ0v) is 11.8. The molecule has 1 rings (SSSR count). The predicted molar refractivity (Wildman–Crippen MR) is 77.5 cm³/mol. The van der Waals surface area contributed by atoms with Crippen LogP contribution in [0.15, 0.2) is 41.3 Å². The molecular weight excluding hydrogens is 246 g/mol. The summed E-state index contributed by atoms with van der Waals surface area (Å²) in [6.45, 7) is 4.92. The van der Waals surface area contributed by atoms with Crippen molar-refractivity contribution in [1.82, 2.24) is 0 Å². The molecule has 0 bridgehead atoms. The summed E-state index contributed by atoms with van der Waals surface area (Å²) in [4.78, 5) is 13.6. The molecule has 3 nitrogen and oxygen atoms in total. The highest BCUT2D eigenvalue weighted by Gasteiger charge is 2.01. The zero-order valence-electron chi connectivity index (χ0n) is 11.0. The fourth-order valence-corrected chi connectivity index (χ4v) is 2.31. The molecule has 0 fully saturated rings. The van der Waals surface area contributed by atoms with E-state index in [1.807, 2.05) is 23.7 Å². The molecular formula is C14H19NO2S. The van der Waals surface area contributed by atoms with Crippen molar-refractivity contribution in [2.75, 3.05) is 18.5 Å². The molecule has 0 atom stereocenters. The molecule has 0 heterocycles. The number of likely N-dealkylation sites (N-methyl/N-ethyl adjacent to an activating group) is 1. The fraction of sp³-hybridized carbons (Fsp3) is 0.357. The number of hydrogen-bond donors (Lipinski definition) is 1. The molecule has 0 unspecified atom stereocenters. The van der Waals surface area contributed by atoms with Crippen molar-refractivity contribution in [3.05, 3.63) is 36.4 Å². The van der Waals surface area contributed by atoms with Crippen molar-refractivity contribution in [2.45, 2.75) is 24.0 Å². The first-order chi connectivity index (χ1) is 8.49. The zero-order chi connectivity index (χ0) is 13.5. The van der Waals surface area contributed by atoms with Crippen molar-refractivity contribution in [2.24, 2.45) is 0 Å². The lowest BCUT2D eigenvalue weighted by Crippen LogP contribution is -2.16. The monoisotopic (exact) mass is 265 g/mol. The molecule has 0 saturated carbocycles. The normalized spacial score (nSPS) is 11.1. The highest BCUT2D eigenvalue weighted by molar-refractivity contribution is 7.99. The number of carbonyl (C=O) groups is 1. The number of rotatable bonds is 6. The quantitative estimate of drug-likeness (QED) is 0.633. The Morgan fingerprint density at radius 2 is 2.00 bits per heavy atom. The third-order valence-corrected chi connectivity index (χ3v) is 3.30. The van der Waals surface area contributed by atoms with Gasteiger partial charge in [-0.2, -0.15) is 0 Å². The Balaban J connectivity index is 2.58. The van der Waals surface area contributed by atoms with Gasteiger partial charge in [0.2, 0.25) is 0 Å². The number of thioether (sulfide) groups is 1. The van der Waals surface area contributed by atoms with Gasteiger partial charge in [-0.05, 0) is 24.3 Å². The molecule has 1 N–H and O–H groups in total. The third kappa shape index (κ3) is 5.27. The van der Waals surface area contributed by atoms with Gasteiger partial charge in [0.1, 0.15) is 0 Å². The van der Waals surface area contributed by atoms with E-state index >= 15 is 0 Å². The van der Waals surface area contributed by atoms with E-state index < -0.39 is 5.97 Å². The third-order valence-electron chi connectivity index (χ3n) is 2.29. The van der Waals surface area contributed by atoms with Gasteiger partial charge in [0.15, 0.2) is 0 Å². The van der Waals surface area contributed by atoms with Gasteiger partial charge in [0.05, 0.1) is 0 Å². The molecule has 0 aromatic heterocycles. The Kier molecular flexibility index (Phi) is 5.78. The minimum absolute atomic E-state index is 0.576. The Morgan fingerprint density at radius 3 is 2.50 bits per heavy atom. The number of nitrogens with zero attached hydrogens (tertiary/aromatic N) is 1. The molecule has 0 amide bonds. The number of aliphatic carboxylic acids is 1. The van der Waals surface area contributed by atoms with Crippen LogP contribution in [0, 0.1) is 0 Å². The molecule has 0 spiro atoms. The average molecular weight is 265 g/mol. The molecule has 1 aromatic carbocycles. The Morgan fingerprint density at radius 1 is 1.39 bits per heavy atom. The van der Waals surface area contributed by atoms with Crippen molar-refractivity contribution in [1.29, 1.82) is 0 Å². The van der Waals surface area contributed by atoms with Crippen molar-refractivity contribution in [3.63, 3.8) is 0 Å². The summed E-state index contributed by atoms with van der Waals surface area (Å²) in [6, 6.07) is 8.30. The summed E-state index contributed by atoms with van der Waals surface area (Å²) >= 11 is 1.83. The van der Waals surface area contributed by atoms with Crippen LogP contribution in [0.4, 0.5) is 5.69 Å². The Bertz CT molecular complexity index is 412. The molecule has 0 aliphatic carbocycles. The van der Waals surface area contributed by atoms with Gasteiger partial charge in [-0.15, -0.1) is 11.8 Å². The summed E-state index contributed by atoms with van der Waals surface area (Å²) in [5, 5.41) is 9.09. The van der Waals surface area contributed by atoms with Gasteiger partial charge in [-0.25, -0.2) is 4.79 Å². The maximum Gasteiger partial charge on any atom is 0.328 e. The Hall–Kier alpha value is -1.42. The number of hydrogen-bond acceptors (Lipinski definition) is 3. The number of carboxylic acid groups (broad SMARTS) is 1. The lowest BCUT2D eigenvalue weighted by atomic mass is 10.3. The highest BCUT2D eigenvalue weighted by Crippen LogP contribution is 2.25. The van der Waals surface area contributed by atoms with Crippen molar-refractivity contribution >= 4 is 23.4 Å². The van der Waals surface area contributed by atoms with E-state index in [9.17, 15) is 4.79 Å². The first-order valence-corrected chi connectivity index (χ1v) is 6.74. The fourth-order valence-electron chi connectivity index (χ4n) is 1.47. The smallest absolute Gasteiger partial charge is 0.328 e. The van der Waals surface area contributed by atoms with Crippen LogP contribution in [0.1, 0.15) is 13.8 Å². The van der Waals surface area contributed by atoms with E-state index in [0.717, 1.165) is 5.69 Å². The summed E-state index contributed by atoms with van der Waals surface area (Å²) in [6.07, 6.45) is 2.80. The van der Waals surface area contributed by atoms with E-state index in [1.165, 1.54) is 11.0 Å². The van der Waals surface area contributed by atoms with E-state index in [0.29, 0.717) is 11.8 Å². The van der Waals surface area contributed by atoms with Crippen LogP contribution >= 0.6 is 11.8 Å². The molecule has 98 valence electrons.